The van der Waals surface area contributed by atoms with Crippen LogP contribution in [0.2, 0.25) is 0 Å². The first kappa shape index (κ1) is 11.2. The maximum absolute atomic E-state index is 11.2. The van der Waals surface area contributed by atoms with E-state index in [-0.39, 0.29) is 17.6 Å². The van der Waals surface area contributed by atoms with Crippen molar-refractivity contribution in [2.45, 2.75) is 40.2 Å². The van der Waals surface area contributed by atoms with Crippen LogP contribution < -0.4 is 0 Å². The second-order valence-corrected chi connectivity index (χ2v) is 3.84. The average Bonchev–Trinajstić information content (AvgIpc) is 1.97. The van der Waals surface area contributed by atoms with Crippen LogP contribution in [0.25, 0.3) is 0 Å². The van der Waals surface area contributed by atoms with E-state index in [0.29, 0.717) is 0 Å². The number of ketones is 1. The molecule has 0 fully saturated rings. The van der Waals surface area contributed by atoms with E-state index in [4.69, 9.17) is 0 Å². The molecule has 0 aromatic rings. The largest absolute Gasteiger partial charge is 0.385 e. The van der Waals surface area contributed by atoms with Gasteiger partial charge in [-0.1, -0.05) is 26.7 Å². The topological polar surface area (TPSA) is 37.3 Å². The van der Waals surface area contributed by atoms with E-state index in [2.05, 4.69) is 11.8 Å². The fraction of sp³-hybridized carbons (Fsp3) is 0.700. The van der Waals surface area contributed by atoms with Crippen molar-refractivity contribution in [3.05, 3.63) is 0 Å². The summed E-state index contributed by atoms with van der Waals surface area (Å²) in [5.74, 6) is 5.07. The van der Waals surface area contributed by atoms with Crippen LogP contribution >= 0.6 is 0 Å². The molecule has 0 saturated heterocycles. The van der Waals surface area contributed by atoms with Gasteiger partial charge >= 0.3 is 0 Å². The molecule has 0 spiro atoms. The van der Waals surface area contributed by atoms with Crippen molar-refractivity contribution in [2.75, 3.05) is 0 Å². The molecule has 0 heterocycles. The van der Waals surface area contributed by atoms with Crippen LogP contribution in [0.15, 0.2) is 0 Å². The number of rotatable bonds is 2. The van der Waals surface area contributed by atoms with E-state index in [1.165, 1.54) is 0 Å². The van der Waals surface area contributed by atoms with Gasteiger partial charge in [0.05, 0.1) is 6.42 Å². The number of hydrogen-bond acceptors (Lipinski definition) is 2. The maximum atomic E-state index is 11.2. The van der Waals surface area contributed by atoms with Gasteiger partial charge in [-0.05, 0) is 12.3 Å². The van der Waals surface area contributed by atoms with Gasteiger partial charge in [0.1, 0.15) is 6.10 Å². The summed E-state index contributed by atoms with van der Waals surface area (Å²) in [6, 6.07) is 0. The Labute approximate surface area is 74.0 Å². The fourth-order valence-corrected chi connectivity index (χ4v) is 0.755. The molecule has 0 aliphatic heterocycles. The van der Waals surface area contributed by atoms with Gasteiger partial charge in [-0.2, -0.15) is 0 Å². The molecule has 2 nitrogen and oxygen atoms in total. The van der Waals surface area contributed by atoms with Crippen molar-refractivity contribution < 1.29 is 9.90 Å². The van der Waals surface area contributed by atoms with Crippen molar-refractivity contribution >= 4 is 5.78 Å². The van der Waals surface area contributed by atoms with Crippen molar-refractivity contribution in [1.29, 1.82) is 0 Å². The molecule has 0 rings (SSSR count). The highest BCUT2D eigenvalue weighted by Crippen LogP contribution is 2.20. The molecule has 1 atom stereocenters. The van der Waals surface area contributed by atoms with Crippen LogP contribution in [0.1, 0.15) is 34.1 Å². The first-order valence-electron chi connectivity index (χ1n) is 4.00. The Morgan fingerprint density at radius 1 is 1.50 bits per heavy atom. The van der Waals surface area contributed by atoms with Crippen LogP contribution in [0.3, 0.4) is 0 Å². The minimum atomic E-state index is -0.904. The van der Waals surface area contributed by atoms with Crippen molar-refractivity contribution in [1.82, 2.24) is 0 Å². The third-order valence-corrected chi connectivity index (χ3v) is 1.56. The molecule has 0 aromatic carbocycles. The normalized spacial score (nSPS) is 13.1. The van der Waals surface area contributed by atoms with Crippen molar-refractivity contribution in [3.8, 4) is 11.8 Å². The molecule has 0 saturated carbocycles. The molecular formula is C10H16O2. The molecule has 68 valence electrons. The zero-order chi connectivity index (χ0) is 9.78. The molecule has 1 unspecified atom stereocenters. The van der Waals surface area contributed by atoms with Crippen molar-refractivity contribution in [2.24, 2.45) is 5.41 Å². The smallest absolute Gasteiger partial charge is 0.173 e. The predicted octanol–water partition coefficient (Wildman–Crippen LogP) is 1.38. The lowest BCUT2D eigenvalue weighted by Crippen LogP contribution is -2.33. The van der Waals surface area contributed by atoms with Gasteiger partial charge in [-0.15, -0.1) is 5.92 Å². The Bertz CT molecular complexity index is 212. The van der Waals surface area contributed by atoms with E-state index < -0.39 is 6.10 Å². The van der Waals surface area contributed by atoms with E-state index in [1.807, 2.05) is 20.8 Å². The lowest BCUT2D eigenvalue weighted by atomic mass is 9.86. The Morgan fingerprint density at radius 2 is 2.00 bits per heavy atom. The van der Waals surface area contributed by atoms with Gasteiger partial charge in [0.2, 0.25) is 0 Å². The van der Waals surface area contributed by atoms with Crippen LogP contribution in [-0.2, 0) is 4.79 Å². The summed E-state index contributed by atoms with van der Waals surface area (Å²) >= 11 is 0. The monoisotopic (exact) mass is 168 g/mol. The van der Waals surface area contributed by atoms with Gasteiger partial charge in [-0.25, -0.2) is 0 Å². The van der Waals surface area contributed by atoms with Gasteiger partial charge in [0, 0.05) is 0 Å². The number of aliphatic hydroxyl groups is 1. The lowest BCUT2D eigenvalue weighted by molar-refractivity contribution is -0.131. The number of carbonyl (C=O) groups excluding carboxylic acids is 1. The summed E-state index contributed by atoms with van der Waals surface area (Å²) in [6.07, 6.45) is -0.757. The molecular weight excluding hydrogens is 152 g/mol. The molecule has 12 heavy (non-hydrogen) atoms. The molecule has 0 aliphatic carbocycles. The summed E-state index contributed by atoms with van der Waals surface area (Å²) in [6.45, 7) is 7.16. The number of aliphatic hydroxyl groups excluding tert-OH is 1. The highest BCUT2D eigenvalue weighted by Gasteiger charge is 2.27. The zero-order valence-corrected chi connectivity index (χ0v) is 8.14. The van der Waals surface area contributed by atoms with E-state index in [1.54, 1.807) is 6.92 Å². The zero-order valence-electron chi connectivity index (χ0n) is 8.14. The Morgan fingerprint density at radius 3 is 2.33 bits per heavy atom. The number of carbonyl (C=O) groups is 1. The Hall–Kier alpha value is -0.810. The summed E-state index contributed by atoms with van der Waals surface area (Å²) in [7, 11) is 0. The lowest BCUT2D eigenvalue weighted by Gasteiger charge is -2.23. The molecule has 0 aliphatic rings. The van der Waals surface area contributed by atoms with Crippen LogP contribution in [0.5, 0.6) is 0 Å². The van der Waals surface area contributed by atoms with Crippen LogP contribution in [0, 0.1) is 17.3 Å². The minimum Gasteiger partial charge on any atom is -0.385 e. The summed E-state index contributed by atoms with van der Waals surface area (Å²) in [5, 5.41) is 9.46. The Balaban J connectivity index is 4.17. The molecule has 0 radical (unpaired) electrons. The second-order valence-electron chi connectivity index (χ2n) is 3.84. The van der Waals surface area contributed by atoms with Gasteiger partial charge < -0.3 is 5.11 Å². The summed E-state index contributed by atoms with van der Waals surface area (Å²) < 4.78 is 0. The molecule has 2 heteroatoms. The highest BCUT2D eigenvalue weighted by molar-refractivity contribution is 5.85. The first-order chi connectivity index (χ1) is 5.39. The van der Waals surface area contributed by atoms with Crippen LogP contribution in [-0.4, -0.2) is 17.0 Å². The maximum Gasteiger partial charge on any atom is 0.173 e. The van der Waals surface area contributed by atoms with Gasteiger partial charge in [0.25, 0.3) is 0 Å². The SMILES string of the molecule is CC#CCC(=O)C(O)C(C)(C)C. The molecule has 1 N–H and O–H groups in total. The number of hydrogen-bond donors (Lipinski definition) is 1. The summed E-state index contributed by atoms with van der Waals surface area (Å²) in [4.78, 5) is 11.2. The molecule has 0 amide bonds. The Kier molecular flexibility index (Phi) is 3.99. The van der Waals surface area contributed by atoms with E-state index >= 15 is 0 Å². The quantitative estimate of drug-likeness (QED) is 0.632. The van der Waals surface area contributed by atoms with Gasteiger partial charge in [-0.3, -0.25) is 4.79 Å². The van der Waals surface area contributed by atoms with Gasteiger partial charge in [0.15, 0.2) is 5.78 Å². The van der Waals surface area contributed by atoms with E-state index in [0.717, 1.165) is 0 Å². The first-order valence-corrected chi connectivity index (χ1v) is 4.00. The molecule has 0 aromatic heterocycles. The number of Topliss-reactive ketones (excluding diaryl/α,β-unsaturated/α-hetero) is 1. The third-order valence-electron chi connectivity index (χ3n) is 1.56. The summed E-state index contributed by atoms with van der Waals surface area (Å²) in [5.41, 5.74) is -0.382. The third kappa shape index (κ3) is 3.54. The average molecular weight is 168 g/mol. The van der Waals surface area contributed by atoms with E-state index in [9.17, 15) is 9.90 Å². The molecule has 0 bridgehead atoms. The minimum absolute atomic E-state index is 0.148. The van der Waals surface area contributed by atoms with Crippen molar-refractivity contribution in [3.63, 3.8) is 0 Å². The fourth-order valence-electron chi connectivity index (χ4n) is 0.755. The predicted molar refractivity (Wildman–Crippen MR) is 48.5 cm³/mol. The second kappa shape index (κ2) is 4.27. The highest BCUT2D eigenvalue weighted by atomic mass is 16.3. The van der Waals surface area contributed by atoms with Crippen LogP contribution in [0.4, 0.5) is 0 Å². The standard InChI is InChI=1S/C10H16O2/c1-5-6-7-8(11)9(12)10(2,3)4/h9,12H,7H2,1-4H3.